The lowest BCUT2D eigenvalue weighted by Crippen LogP contribution is -2.21. The highest BCUT2D eigenvalue weighted by molar-refractivity contribution is 4.64. The smallest absolute Gasteiger partial charge is 0.289 e. The maximum Gasteiger partial charge on any atom is 0.289 e. The van der Waals surface area contributed by atoms with E-state index >= 15 is 0 Å². The average Bonchev–Trinajstić information content (AvgIpc) is 1.67. The summed E-state index contributed by atoms with van der Waals surface area (Å²) in [6, 6.07) is 0. The molecule has 0 heterocycles. The molecule has 0 rings (SSSR count). The number of hydrogen-bond acceptors (Lipinski definition) is 2. The van der Waals surface area contributed by atoms with Gasteiger partial charge in [-0.3, -0.25) is 0 Å². The second-order valence-corrected chi connectivity index (χ2v) is 2.31. The van der Waals surface area contributed by atoms with Gasteiger partial charge < -0.3 is 9.84 Å². The molecule has 0 bridgehead atoms. The van der Waals surface area contributed by atoms with Crippen molar-refractivity contribution in [2.75, 3.05) is 0 Å². The van der Waals surface area contributed by atoms with Gasteiger partial charge in [0.15, 0.2) is 0 Å². The molecule has 2 heteroatoms. The zero-order valence-corrected chi connectivity index (χ0v) is 5.56. The van der Waals surface area contributed by atoms with Crippen LogP contribution in [0.5, 0.6) is 0 Å². The van der Waals surface area contributed by atoms with Gasteiger partial charge in [0.05, 0.1) is 5.60 Å². The molecule has 0 fully saturated rings. The van der Waals surface area contributed by atoms with Crippen LogP contribution in [0.2, 0.25) is 0 Å². The van der Waals surface area contributed by atoms with Crippen molar-refractivity contribution in [2.45, 2.75) is 32.8 Å². The first kappa shape index (κ1) is 7.92. The van der Waals surface area contributed by atoms with Crippen molar-refractivity contribution in [3.8, 4) is 0 Å². The molecule has 48 valence electrons. The molecule has 0 aliphatic rings. The van der Waals surface area contributed by atoms with Crippen LogP contribution in [-0.4, -0.2) is 10.7 Å². The van der Waals surface area contributed by atoms with Gasteiger partial charge in [0.2, 0.25) is 0 Å². The van der Waals surface area contributed by atoms with Gasteiger partial charge in [-0.1, -0.05) is 6.92 Å². The Labute approximate surface area is 50.5 Å². The summed E-state index contributed by atoms with van der Waals surface area (Å²) < 4.78 is 4.68. The van der Waals surface area contributed by atoms with E-state index < -0.39 is 0 Å². The predicted octanol–water partition coefficient (Wildman–Crippen LogP) is 1.56. The van der Waals surface area contributed by atoms with Gasteiger partial charge in [-0.15, -0.1) is 0 Å². The van der Waals surface area contributed by atoms with Crippen molar-refractivity contribution < 1.29 is 9.84 Å². The summed E-state index contributed by atoms with van der Waals surface area (Å²) in [5.74, 6) is 0. The van der Waals surface area contributed by atoms with Gasteiger partial charge in [0.1, 0.15) is 0 Å². The summed E-state index contributed by atoms with van der Waals surface area (Å²) in [7, 11) is 0. The number of rotatable bonds is 3. The molecular weight excluding hydrogens is 104 g/mol. The van der Waals surface area contributed by atoms with Crippen LogP contribution >= 0.6 is 0 Å². The van der Waals surface area contributed by atoms with Crippen molar-refractivity contribution in [2.24, 2.45) is 0 Å². The van der Waals surface area contributed by atoms with E-state index in [9.17, 15) is 0 Å². The summed E-state index contributed by atoms with van der Waals surface area (Å²) in [5.41, 5.74) is -0.269. The minimum absolute atomic E-state index is 0.269. The Balaban J connectivity index is 3.37. The molecule has 2 radical (unpaired) electrons. The van der Waals surface area contributed by atoms with Crippen LogP contribution in [0, 0.1) is 6.79 Å². The molecule has 2 nitrogen and oxygen atoms in total. The van der Waals surface area contributed by atoms with Crippen molar-refractivity contribution in [3.63, 3.8) is 0 Å². The number of aliphatic hydroxyl groups is 1. The fourth-order valence-electron chi connectivity index (χ4n) is 0.196. The SMILES string of the molecule is CCC(C)(C)O[C]O. The fourth-order valence-corrected chi connectivity index (χ4v) is 0.196. The van der Waals surface area contributed by atoms with Crippen molar-refractivity contribution in [1.29, 1.82) is 0 Å². The topological polar surface area (TPSA) is 29.5 Å². The first-order valence-corrected chi connectivity index (χ1v) is 2.69. The molecule has 0 atom stereocenters. The molecule has 0 aromatic heterocycles. The molecule has 0 aromatic carbocycles. The van der Waals surface area contributed by atoms with Gasteiger partial charge >= 0.3 is 0 Å². The van der Waals surface area contributed by atoms with Crippen molar-refractivity contribution in [3.05, 3.63) is 6.79 Å². The predicted molar refractivity (Wildman–Crippen MR) is 30.6 cm³/mol. The highest BCUT2D eigenvalue weighted by atomic mass is 16.6. The molecule has 0 aromatic rings. The first-order valence-electron chi connectivity index (χ1n) is 2.69. The average molecular weight is 116 g/mol. The number of ether oxygens (including phenoxy) is 1. The number of aliphatic hydroxyl groups excluding tert-OH is 1. The van der Waals surface area contributed by atoms with E-state index in [1.54, 1.807) is 6.79 Å². The molecule has 0 saturated heterocycles. The van der Waals surface area contributed by atoms with E-state index in [2.05, 4.69) is 4.74 Å². The Morgan fingerprint density at radius 2 is 2.12 bits per heavy atom. The quantitative estimate of drug-likeness (QED) is 0.606. The van der Waals surface area contributed by atoms with E-state index in [1.165, 1.54) is 0 Å². The van der Waals surface area contributed by atoms with Gasteiger partial charge in [0.25, 0.3) is 6.79 Å². The Morgan fingerprint density at radius 1 is 1.62 bits per heavy atom. The Bertz CT molecular complexity index is 59.5. The highest BCUT2D eigenvalue weighted by Crippen LogP contribution is 2.12. The second kappa shape index (κ2) is 3.05. The van der Waals surface area contributed by atoms with Gasteiger partial charge in [-0.05, 0) is 20.3 Å². The standard InChI is InChI=1S/C6H12O2/c1-4-6(2,3)8-5-7/h7H,4H2,1-3H3. The van der Waals surface area contributed by atoms with E-state index in [4.69, 9.17) is 5.11 Å². The van der Waals surface area contributed by atoms with Crippen molar-refractivity contribution >= 4 is 0 Å². The largest absolute Gasteiger partial charge is 0.357 e. The van der Waals surface area contributed by atoms with Crippen LogP contribution in [0.15, 0.2) is 0 Å². The second-order valence-electron chi connectivity index (χ2n) is 2.31. The molecule has 0 saturated carbocycles. The molecule has 0 aliphatic heterocycles. The van der Waals surface area contributed by atoms with E-state index in [0.717, 1.165) is 6.42 Å². The van der Waals surface area contributed by atoms with Gasteiger partial charge in [-0.25, -0.2) is 0 Å². The lowest BCUT2D eigenvalue weighted by Gasteiger charge is -2.19. The number of hydrogen-bond donors (Lipinski definition) is 1. The third kappa shape index (κ3) is 2.99. The molecular formula is C6H12O2. The zero-order valence-electron chi connectivity index (χ0n) is 5.56. The van der Waals surface area contributed by atoms with Crippen LogP contribution in [-0.2, 0) is 4.74 Å². The fraction of sp³-hybridized carbons (Fsp3) is 0.833. The highest BCUT2D eigenvalue weighted by Gasteiger charge is 2.14. The van der Waals surface area contributed by atoms with Crippen LogP contribution in [0.25, 0.3) is 0 Å². The van der Waals surface area contributed by atoms with Gasteiger partial charge in [0, 0.05) is 0 Å². The minimum Gasteiger partial charge on any atom is -0.357 e. The zero-order chi connectivity index (χ0) is 6.62. The molecule has 8 heavy (non-hydrogen) atoms. The van der Waals surface area contributed by atoms with Crippen LogP contribution in [0.4, 0.5) is 0 Å². The lowest BCUT2D eigenvalue weighted by atomic mass is 10.1. The summed E-state index contributed by atoms with van der Waals surface area (Å²) in [6.45, 7) is 7.41. The Kier molecular flexibility index (Phi) is 3.02. The van der Waals surface area contributed by atoms with Crippen LogP contribution in [0.1, 0.15) is 27.2 Å². The molecule has 0 spiro atoms. The van der Waals surface area contributed by atoms with Crippen LogP contribution < -0.4 is 0 Å². The summed E-state index contributed by atoms with van der Waals surface area (Å²) >= 11 is 0. The Hall–Kier alpha value is -0.0800. The lowest BCUT2D eigenvalue weighted by molar-refractivity contribution is -0.0403. The van der Waals surface area contributed by atoms with E-state index in [-0.39, 0.29) is 5.60 Å². The Morgan fingerprint density at radius 3 is 2.25 bits per heavy atom. The summed E-state index contributed by atoms with van der Waals surface area (Å²) in [4.78, 5) is 0. The third-order valence-electron chi connectivity index (χ3n) is 1.17. The third-order valence-corrected chi connectivity index (χ3v) is 1.17. The van der Waals surface area contributed by atoms with E-state index in [1.807, 2.05) is 20.8 Å². The molecule has 0 amide bonds. The normalized spacial score (nSPS) is 12.0. The minimum atomic E-state index is -0.269. The maximum atomic E-state index is 8.06. The molecule has 1 N–H and O–H groups in total. The summed E-state index contributed by atoms with van der Waals surface area (Å²) in [5, 5.41) is 8.06. The van der Waals surface area contributed by atoms with E-state index in [0.29, 0.717) is 0 Å². The first-order chi connectivity index (χ1) is 3.62. The monoisotopic (exact) mass is 116 g/mol. The van der Waals surface area contributed by atoms with Gasteiger partial charge in [-0.2, -0.15) is 0 Å². The molecule has 0 unspecified atom stereocenters. The summed E-state index contributed by atoms with van der Waals surface area (Å²) in [6.07, 6.45) is 0.862. The maximum absolute atomic E-state index is 8.06. The van der Waals surface area contributed by atoms with Crippen molar-refractivity contribution in [1.82, 2.24) is 0 Å². The van der Waals surface area contributed by atoms with Crippen LogP contribution in [0.3, 0.4) is 0 Å². The molecule has 0 aliphatic carbocycles.